The molecule has 124 valence electrons. The fourth-order valence-corrected chi connectivity index (χ4v) is 3.43. The number of hydrogen-bond donors (Lipinski definition) is 2. The Bertz CT molecular complexity index is 728. The summed E-state index contributed by atoms with van der Waals surface area (Å²) in [7, 11) is 3.60. The van der Waals surface area contributed by atoms with Gasteiger partial charge in [0, 0.05) is 31.7 Å². The van der Waals surface area contributed by atoms with Crippen molar-refractivity contribution in [3.63, 3.8) is 0 Å². The molecule has 1 amide bonds. The molecule has 1 aromatic heterocycles. The van der Waals surface area contributed by atoms with Crippen LogP contribution in [-0.2, 0) is 5.54 Å². The molecule has 3 rings (SSSR count). The summed E-state index contributed by atoms with van der Waals surface area (Å²) < 4.78 is 2.11. The van der Waals surface area contributed by atoms with Crippen LogP contribution in [0.3, 0.4) is 0 Å². The van der Waals surface area contributed by atoms with E-state index >= 15 is 0 Å². The highest BCUT2D eigenvalue weighted by Crippen LogP contribution is 2.30. The van der Waals surface area contributed by atoms with Gasteiger partial charge in [-0.1, -0.05) is 12.1 Å². The fourth-order valence-electron chi connectivity index (χ4n) is 3.43. The first-order chi connectivity index (χ1) is 10.9. The van der Waals surface area contributed by atoms with Gasteiger partial charge in [0.15, 0.2) is 0 Å². The van der Waals surface area contributed by atoms with Gasteiger partial charge in [0.2, 0.25) is 0 Å². The second kappa shape index (κ2) is 5.94. The summed E-state index contributed by atoms with van der Waals surface area (Å²) in [6.45, 7) is 6.29. The molecule has 2 aromatic rings. The number of hydrazine groups is 1. The molecule has 1 unspecified atom stereocenters. The van der Waals surface area contributed by atoms with Gasteiger partial charge in [-0.15, -0.1) is 0 Å². The Morgan fingerprint density at radius 1 is 1.43 bits per heavy atom. The normalized spacial score (nSPS) is 21.8. The molecule has 23 heavy (non-hydrogen) atoms. The summed E-state index contributed by atoms with van der Waals surface area (Å²) in [6.07, 6.45) is 2.23. The third-order valence-corrected chi connectivity index (χ3v) is 4.60. The van der Waals surface area contributed by atoms with Crippen molar-refractivity contribution < 1.29 is 4.79 Å². The van der Waals surface area contributed by atoms with Crippen molar-refractivity contribution in [3.8, 4) is 0 Å². The standard InChI is InChI=1S/C17H25N5O/c1-12-13-7-5-8-14(16(23)20-21(3)4)15(13)19-22(12)17(2)9-6-10-18-11-17/h5,7-8,18H,6,9-11H2,1-4H3,(H,20,23). The highest BCUT2D eigenvalue weighted by atomic mass is 16.2. The second-order valence-electron chi connectivity index (χ2n) is 6.81. The van der Waals surface area contributed by atoms with Gasteiger partial charge in [-0.25, -0.2) is 5.01 Å². The maximum absolute atomic E-state index is 12.4. The Morgan fingerprint density at radius 2 is 2.22 bits per heavy atom. The molecule has 0 radical (unpaired) electrons. The van der Waals surface area contributed by atoms with Crippen molar-refractivity contribution in [2.75, 3.05) is 27.2 Å². The highest BCUT2D eigenvalue weighted by molar-refractivity contribution is 6.05. The quantitative estimate of drug-likeness (QED) is 0.846. The van der Waals surface area contributed by atoms with Crippen molar-refractivity contribution in [1.29, 1.82) is 0 Å². The molecule has 1 aliphatic heterocycles. The maximum atomic E-state index is 12.4. The topological polar surface area (TPSA) is 62.2 Å². The third-order valence-electron chi connectivity index (χ3n) is 4.60. The molecule has 1 aliphatic rings. The van der Waals surface area contributed by atoms with E-state index in [0.717, 1.165) is 42.5 Å². The molecule has 0 bridgehead atoms. The minimum Gasteiger partial charge on any atom is -0.314 e. The van der Waals surface area contributed by atoms with Gasteiger partial charge in [-0.3, -0.25) is 14.9 Å². The van der Waals surface area contributed by atoms with Crippen LogP contribution in [0.25, 0.3) is 10.9 Å². The molecule has 2 N–H and O–H groups in total. The van der Waals surface area contributed by atoms with Crippen LogP contribution in [0.2, 0.25) is 0 Å². The third kappa shape index (κ3) is 2.84. The van der Waals surface area contributed by atoms with Crippen molar-refractivity contribution in [2.24, 2.45) is 0 Å². The SMILES string of the molecule is Cc1c2cccc(C(=O)NN(C)C)c2nn1C1(C)CCCNC1. The second-order valence-corrected chi connectivity index (χ2v) is 6.81. The lowest BCUT2D eigenvalue weighted by Crippen LogP contribution is -2.46. The van der Waals surface area contributed by atoms with Gasteiger partial charge in [0.05, 0.1) is 11.1 Å². The summed E-state index contributed by atoms with van der Waals surface area (Å²) >= 11 is 0. The molecule has 0 saturated carbocycles. The molecule has 2 heterocycles. The molecule has 1 aromatic carbocycles. The lowest BCUT2D eigenvalue weighted by molar-refractivity contribution is 0.0858. The number of benzene rings is 1. The van der Waals surface area contributed by atoms with Crippen LogP contribution in [0.1, 0.15) is 35.8 Å². The van der Waals surface area contributed by atoms with E-state index in [4.69, 9.17) is 5.10 Å². The summed E-state index contributed by atoms with van der Waals surface area (Å²) in [5, 5.41) is 11.0. The monoisotopic (exact) mass is 315 g/mol. The number of aryl methyl sites for hydroxylation is 1. The van der Waals surface area contributed by atoms with E-state index in [0.29, 0.717) is 5.56 Å². The highest BCUT2D eigenvalue weighted by Gasteiger charge is 2.32. The van der Waals surface area contributed by atoms with E-state index in [9.17, 15) is 4.79 Å². The molecule has 1 fully saturated rings. The Kier molecular flexibility index (Phi) is 4.12. The van der Waals surface area contributed by atoms with Crippen LogP contribution in [-0.4, -0.2) is 47.9 Å². The zero-order chi connectivity index (χ0) is 16.6. The van der Waals surface area contributed by atoms with Crippen LogP contribution < -0.4 is 10.7 Å². The minimum atomic E-state index is -0.128. The molecule has 6 heteroatoms. The fraction of sp³-hybridized carbons (Fsp3) is 0.529. The molecule has 6 nitrogen and oxygen atoms in total. The Balaban J connectivity index is 2.09. The van der Waals surface area contributed by atoms with Gasteiger partial charge < -0.3 is 5.32 Å². The number of hydrogen-bond acceptors (Lipinski definition) is 4. The van der Waals surface area contributed by atoms with Crippen molar-refractivity contribution in [1.82, 2.24) is 25.5 Å². The zero-order valence-corrected chi connectivity index (χ0v) is 14.3. The number of nitrogens with zero attached hydrogens (tertiary/aromatic N) is 3. The van der Waals surface area contributed by atoms with E-state index in [-0.39, 0.29) is 11.4 Å². The predicted molar refractivity (Wildman–Crippen MR) is 91.4 cm³/mol. The smallest absolute Gasteiger partial charge is 0.267 e. The van der Waals surface area contributed by atoms with E-state index < -0.39 is 0 Å². The average molecular weight is 315 g/mol. The van der Waals surface area contributed by atoms with Crippen molar-refractivity contribution in [2.45, 2.75) is 32.2 Å². The van der Waals surface area contributed by atoms with Gasteiger partial charge >= 0.3 is 0 Å². The lowest BCUT2D eigenvalue weighted by atomic mass is 9.92. The molecule has 0 spiro atoms. The number of aromatic nitrogens is 2. The number of nitrogens with one attached hydrogen (secondary N) is 2. The predicted octanol–water partition coefficient (Wildman–Crippen LogP) is 1.65. The Labute approximate surface area is 136 Å². The van der Waals surface area contributed by atoms with Crippen LogP contribution in [0.5, 0.6) is 0 Å². The summed E-state index contributed by atoms with van der Waals surface area (Å²) in [6, 6.07) is 5.80. The number of amides is 1. The molecule has 0 aliphatic carbocycles. The van der Waals surface area contributed by atoms with Gasteiger partial charge in [0.25, 0.3) is 5.91 Å². The summed E-state index contributed by atoms with van der Waals surface area (Å²) in [4.78, 5) is 12.4. The number of carbonyl (C=O) groups excluding carboxylic acids is 1. The number of carbonyl (C=O) groups is 1. The minimum absolute atomic E-state index is 0.0450. The first kappa shape index (κ1) is 16.0. The number of fused-ring (bicyclic) bond motifs is 1. The van der Waals surface area contributed by atoms with E-state index in [1.807, 2.05) is 18.2 Å². The van der Waals surface area contributed by atoms with Gasteiger partial charge in [-0.2, -0.15) is 5.10 Å². The first-order valence-electron chi connectivity index (χ1n) is 8.10. The van der Waals surface area contributed by atoms with Crippen LogP contribution in [0, 0.1) is 6.92 Å². The average Bonchev–Trinajstić information content (AvgIpc) is 2.85. The largest absolute Gasteiger partial charge is 0.314 e. The first-order valence-corrected chi connectivity index (χ1v) is 8.10. The summed E-state index contributed by atoms with van der Waals surface area (Å²) in [5.41, 5.74) is 5.26. The number of rotatable bonds is 3. The van der Waals surface area contributed by atoms with E-state index in [1.165, 1.54) is 0 Å². The Hall–Kier alpha value is -1.92. The van der Waals surface area contributed by atoms with Gasteiger partial charge in [0.1, 0.15) is 5.52 Å². The van der Waals surface area contributed by atoms with Crippen molar-refractivity contribution in [3.05, 3.63) is 29.5 Å². The Morgan fingerprint density at radius 3 is 2.87 bits per heavy atom. The maximum Gasteiger partial charge on any atom is 0.267 e. The lowest BCUT2D eigenvalue weighted by Gasteiger charge is -2.35. The molecule has 1 atom stereocenters. The molecule has 1 saturated heterocycles. The van der Waals surface area contributed by atoms with E-state index in [2.05, 4.69) is 29.3 Å². The summed E-state index contributed by atoms with van der Waals surface area (Å²) in [5.74, 6) is -0.128. The zero-order valence-electron chi connectivity index (χ0n) is 14.3. The molecular formula is C17H25N5O. The number of piperidine rings is 1. The molecular weight excluding hydrogens is 290 g/mol. The van der Waals surface area contributed by atoms with Crippen LogP contribution in [0.4, 0.5) is 0 Å². The van der Waals surface area contributed by atoms with Crippen LogP contribution >= 0.6 is 0 Å². The van der Waals surface area contributed by atoms with E-state index in [1.54, 1.807) is 19.1 Å². The van der Waals surface area contributed by atoms with Crippen molar-refractivity contribution >= 4 is 16.8 Å². The van der Waals surface area contributed by atoms with Gasteiger partial charge in [-0.05, 0) is 39.3 Å². The van der Waals surface area contributed by atoms with Crippen LogP contribution in [0.15, 0.2) is 18.2 Å².